The van der Waals surface area contributed by atoms with E-state index < -0.39 is 0 Å². The molecule has 10 nitrogen and oxygen atoms in total. The van der Waals surface area contributed by atoms with Crippen molar-refractivity contribution in [2.45, 2.75) is 32.6 Å². The fourth-order valence-electron chi connectivity index (χ4n) is 4.47. The molecule has 3 aromatic rings. The molecule has 2 aliphatic rings. The highest BCUT2D eigenvalue weighted by atomic mass is 16.5. The second-order valence-electron chi connectivity index (χ2n) is 9.29. The van der Waals surface area contributed by atoms with Gasteiger partial charge in [0, 0.05) is 56.8 Å². The topological polar surface area (TPSA) is 113 Å². The molecule has 1 fully saturated rings. The van der Waals surface area contributed by atoms with Gasteiger partial charge in [0.1, 0.15) is 5.82 Å². The second kappa shape index (κ2) is 9.88. The van der Waals surface area contributed by atoms with Crippen LogP contribution in [0.25, 0.3) is 11.4 Å². The van der Waals surface area contributed by atoms with Gasteiger partial charge in [-0.1, -0.05) is 31.1 Å². The maximum Gasteiger partial charge on any atom is 0.261 e. The summed E-state index contributed by atoms with van der Waals surface area (Å²) in [7, 11) is 0. The lowest BCUT2D eigenvalue weighted by molar-refractivity contribution is -0.131. The number of rotatable bonds is 7. The summed E-state index contributed by atoms with van der Waals surface area (Å²) in [5.74, 6) is 1.59. The van der Waals surface area contributed by atoms with Crippen LogP contribution in [-0.2, 0) is 4.79 Å². The SMILES string of the molecule is CC(C)c1nc(-c2ccc(N3CCN(C(=O)CCCN4C(=O)c5ccccc5C4=O)CC3)nc2)no1. The van der Waals surface area contributed by atoms with Gasteiger partial charge < -0.3 is 14.3 Å². The average Bonchev–Trinajstić information content (AvgIpc) is 3.49. The molecule has 0 aliphatic carbocycles. The molecule has 5 rings (SSSR count). The number of amides is 3. The summed E-state index contributed by atoms with van der Waals surface area (Å²) in [6.07, 6.45) is 2.48. The van der Waals surface area contributed by atoms with Crippen molar-refractivity contribution in [1.82, 2.24) is 24.9 Å². The van der Waals surface area contributed by atoms with Gasteiger partial charge in [-0.2, -0.15) is 4.98 Å². The number of benzene rings is 1. The van der Waals surface area contributed by atoms with E-state index in [4.69, 9.17) is 4.52 Å². The van der Waals surface area contributed by atoms with E-state index in [0.717, 1.165) is 11.4 Å². The Morgan fingerprint density at radius 2 is 1.69 bits per heavy atom. The van der Waals surface area contributed by atoms with Crippen LogP contribution in [0.1, 0.15) is 59.2 Å². The van der Waals surface area contributed by atoms with Crippen molar-refractivity contribution in [2.24, 2.45) is 0 Å². The smallest absolute Gasteiger partial charge is 0.261 e. The second-order valence-corrected chi connectivity index (χ2v) is 9.29. The van der Waals surface area contributed by atoms with Crippen LogP contribution < -0.4 is 4.90 Å². The lowest BCUT2D eigenvalue weighted by Gasteiger charge is -2.35. The number of carbonyl (C=O) groups excluding carboxylic acids is 3. The van der Waals surface area contributed by atoms with Crippen LogP contribution in [0.4, 0.5) is 5.82 Å². The molecule has 1 saturated heterocycles. The van der Waals surface area contributed by atoms with Gasteiger partial charge in [0.05, 0.1) is 11.1 Å². The number of fused-ring (bicyclic) bond motifs is 1. The third kappa shape index (κ3) is 4.58. The molecule has 10 heteroatoms. The maximum absolute atomic E-state index is 12.7. The predicted molar refractivity (Wildman–Crippen MR) is 131 cm³/mol. The number of anilines is 1. The molecule has 0 N–H and O–H groups in total. The number of nitrogens with zero attached hydrogens (tertiary/aromatic N) is 6. The molecule has 4 heterocycles. The fourth-order valence-corrected chi connectivity index (χ4v) is 4.47. The Balaban J connectivity index is 1.09. The fraction of sp³-hybridized carbons (Fsp3) is 0.385. The van der Waals surface area contributed by atoms with E-state index >= 15 is 0 Å². The number of piperazine rings is 1. The third-order valence-electron chi connectivity index (χ3n) is 6.55. The zero-order valence-electron chi connectivity index (χ0n) is 20.4. The molecule has 0 unspecified atom stereocenters. The van der Waals surface area contributed by atoms with E-state index in [1.54, 1.807) is 30.5 Å². The number of imide groups is 1. The number of aromatic nitrogens is 3. The van der Waals surface area contributed by atoms with Crippen LogP contribution in [-0.4, -0.2) is 75.4 Å². The summed E-state index contributed by atoms with van der Waals surface area (Å²) in [6, 6.07) is 10.7. The Morgan fingerprint density at radius 1 is 1.00 bits per heavy atom. The van der Waals surface area contributed by atoms with Gasteiger partial charge in [-0.25, -0.2) is 4.98 Å². The Hall–Kier alpha value is -4.08. The van der Waals surface area contributed by atoms with Crippen LogP contribution in [0.3, 0.4) is 0 Å². The van der Waals surface area contributed by atoms with Crippen LogP contribution in [0.2, 0.25) is 0 Å². The minimum Gasteiger partial charge on any atom is -0.353 e. The van der Waals surface area contributed by atoms with E-state index in [0.29, 0.717) is 61.9 Å². The van der Waals surface area contributed by atoms with Gasteiger partial charge in [-0.15, -0.1) is 0 Å². The largest absolute Gasteiger partial charge is 0.353 e. The van der Waals surface area contributed by atoms with Gasteiger partial charge >= 0.3 is 0 Å². The summed E-state index contributed by atoms with van der Waals surface area (Å²) in [6.45, 7) is 6.78. The van der Waals surface area contributed by atoms with Crippen molar-refractivity contribution >= 4 is 23.5 Å². The van der Waals surface area contributed by atoms with E-state index in [1.807, 2.05) is 30.9 Å². The zero-order valence-corrected chi connectivity index (χ0v) is 20.4. The molecule has 0 saturated carbocycles. The lowest BCUT2D eigenvalue weighted by atomic mass is 10.1. The molecule has 0 radical (unpaired) electrons. The van der Waals surface area contributed by atoms with E-state index in [9.17, 15) is 14.4 Å². The van der Waals surface area contributed by atoms with Crippen molar-refractivity contribution in [3.8, 4) is 11.4 Å². The highest BCUT2D eigenvalue weighted by Crippen LogP contribution is 2.24. The van der Waals surface area contributed by atoms with Crippen LogP contribution in [0.5, 0.6) is 0 Å². The molecule has 3 amide bonds. The summed E-state index contributed by atoms with van der Waals surface area (Å²) < 4.78 is 5.27. The van der Waals surface area contributed by atoms with Gasteiger partial charge in [-0.05, 0) is 30.7 Å². The Labute approximate surface area is 208 Å². The van der Waals surface area contributed by atoms with Crippen LogP contribution in [0.15, 0.2) is 47.1 Å². The first-order chi connectivity index (χ1) is 17.4. The molecule has 0 bridgehead atoms. The van der Waals surface area contributed by atoms with E-state index in [-0.39, 0.29) is 30.2 Å². The monoisotopic (exact) mass is 488 g/mol. The number of hydrogen-bond donors (Lipinski definition) is 0. The normalized spacial score (nSPS) is 15.7. The van der Waals surface area contributed by atoms with Crippen LogP contribution >= 0.6 is 0 Å². The van der Waals surface area contributed by atoms with Gasteiger partial charge in [-0.3, -0.25) is 19.3 Å². The predicted octanol–water partition coefficient (Wildman–Crippen LogP) is 2.98. The van der Waals surface area contributed by atoms with Crippen molar-refractivity contribution < 1.29 is 18.9 Å². The average molecular weight is 489 g/mol. The van der Waals surface area contributed by atoms with Gasteiger partial charge in [0.15, 0.2) is 0 Å². The maximum atomic E-state index is 12.7. The molecular weight excluding hydrogens is 460 g/mol. The third-order valence-corrected chi connectivity index (χ3v) is 6.55. The summed E-state index contributed by atoms with van der Waals surface area (Å²) in [4.78, 5) is 51.8. The molecular formula is C26H28N6O4. The van der Waals surface area contributed by atoms with Crippen LogP contribution in [0, 0.1) is 0 Å². The highest BCUT2D eigenvalue weighted by Gasteiger charge is 2.34. The minimum absolute atomic E-state index is 0.0348. The van der Waals surface area contributed by atoms with E-state index in [1.165, 1.54) is 4.90 Å². The molecule has 186 valence electrons. The molecule has 1 aromatic carbocycles. The quantitative estimate of drug-likeness (QED) is 0.467. The summed E-state index contributed by atoms with van der Waals surface area (Å²) >= 11 is 0. The molecule has 0 atom stereocenters. The number of hydrogen-bond acceptors (Lipinski definition) is 8. The standard InChI is InChI=1S/C26H28N6O4/c1-17(2)24-28-23(29-36-24)18-9-10-21(27-16-18)30-12-14-31(15-13-30)22(33)8-5-11-32-25(34)19-6-3-4-7-20(19)26(32)35/h3-4,6-7,9-10,16-17H,5,8,11-15H2,1-2H3. The molecule has 36 heavy (non-hydrogen) atoms. The highest BCUT2D eigenvalue weighted by molar-refractivity contribution is 6.21. The number of pyridine rings is 1. The van der Waals surface area contributed by atoms with Crippen molar-refractivity contribution in [3.63, 3.8) is 0 Å². The Bertz CT molecular complexity index is 1240. The van der Waals surface area contributed by atoms with E-state index in [2.05, 4.69) is 20.0 Å². The number of carbonyl (C=O) groups is 3. The Morgan fingerprint density at radius 3 is 2.28 bits per heavy atom. The van der Waals surface area contributed by atoms with Gasteiger partial charge in [0.2, 0.25) is 17.6 Å². The summed E-state index contributed by atoms with van der Waals surface area (Å²) in [5, 5.41) is 4.02. The molecule has 2 aromatic heterocycles. The molecule has 2 aliphatic heterocycles. The van der Waals surface area contributed by atoms with Crippen molar-refractivity contribution in [2.75, 3.05) is 37.6 Å². The van der Waals surface area contributed by atoms with Gasteiger partial charge in [0.25, 0.3) is 11.8 Å². The minimum atomic E-state index is -0.283. The zero-order chi connectivity index (χ0) is 25.2. The Kier molecular flexibility index (Phi) is 6.49. The first-order valence-electron chi connectivity index (χ1n) is 12.2. The first kappa shape index (κ1) is 23.7. The van der Waals surface area contributed by atoms with Crippen molar-refractivity contribution in [3.05, 3.63) is 59.6 Å². The lowest BCUT2D eigenvalue weighted by Crippen LogP contribution is -2.49. The first-order valence-corrected chi connectivity index (χ1v) is 12.2. The van der Waals surface area contributed by atoms with Crippen molar-refractivity contribution in [1.29, 1.82) is 0 Å². The molecule has 0 spiro atoms. The summed E-state index contributed by atoms with van der Waals surface area (Å²) in [5.41, 5.74) is 1.66.